The van der Waals surface area contributed by atoms with E-state index in [9.17, 15) is 28.0 Å². The molecule has 1 aliphatic heterocycles. The Balaban J connectivity index is 1.28. The number of carbonyl (C=O) groups is 2. The van der Waals surface area contributed by atoms with Crippen LogP contribution in [-0.4, -0.2) is 65.9 Å². The largest absolute Gasteiger partial charge is 0.435 e. The number of para-hydroxylation sites is 2. The molecule has 3 aromatic rings. The molecule has 1 saturated heterocycles. The lowest BCUT2D eigenvalue weighted by atomic mass is 10.1. The molecule has 0 bridgehead atoms. The number of aromatic nitrogens is 2. The maximum atomic E-state index is 13.5. The minimum Gasteiger partial charge on any atom is -0.367 e. The van der Waals surface area contributed by atoms with Crippen LogP contribution in [0.15, 0.2) is 60.8 Å². The Morgan fingerprint density at radius 1 is 0.946 bits per heavy atom. The van der Waals surface area contributed by atoms with Crippen LogP contribution < -0.4 is 15.5 Å². The molecule has 1 aliphatic rings. The number of hydrogen-bond acceptors (Lipinski definition) is 5. The molecule has 2 N–H and O–H groups in total. The van der Waals surface area contributed by atoms with Crippen molar-refractivity contribution >= 4 is 17.6 Å². The first-order valence-corrected chi connectivity index (χ1v) is 11.6. The Bertz CT molecular complexity index is 1290. The Morgan fingerprint density at radius 2 is 1.59 bits per heavy atom. The predicted octanol–water partition coefficient (Wildman–Crippen LogP) is 3.02. The number of amides is 3. The summed E-state index contributed by atoms with van der Waals surface area (Å²) in [4.78, 5) is 28.7. The zero-order valence-electron chi connectivity index (χ0n) is 19.7. The van der Waals surface area contributed by atoms with Crippen LogP contribution in [0.1, 0.15) is 21.6 Å². The molecule has 12 heteroatoms. The number of anilines is 1. The minimum absolute atomic E-state index is 0.0379. The maximum Gasteiger partial charge on any atom is 0.435 e. The monoisotopic (exact) mass is 511 g/mol. The first kappa shape index (κ1) is 25.6. The molecule has 0 radical (unpaired) electrons. The second kappa shape index (κ2) is 11.0. The van der Waals surface area contributed by atoms with Gasteiger partial charge in [-0.1, -0.05) is 30.3 Å². The summed E-state index contributed by atoms with van der Waals surface area (Å²) in [7, 11) is 0. The van der Waals surface area contributed by atoms with Crippen molar-refractivity contribution in [1.82, 2.24) is 25.3 Å². The summed E-state index contributed by atoms with van der Waals surface area (Å²) >= 11 is 0. The summed E-state index contributed by atoms with van der Waals surface area (Å²) in [5.41, 5.74) is -0.110. The lowest BCUT2D eigenvalue weighted by Crippen LogP contribution is -2.52. The van der Waals surface area contributed by atoms with Gasteiger partial charge in [-0.3, -0.25) is 4.79 Å². The summed E-state index contributed by atoms with van der Waals surface area (Å²) < 4.78 is 41.4. The molecular formula is C25H24F3N7O2. The Morgan fingerprint density at radius 3 is 2.27 bits per heavy atom. The van der Waals surface area contributed by atoms with Gasteiger partial charge in [0.15, 0.2) is 5.69 Å². The molecule has 0 atom stereocenters. The van der Waals surface area contributed by atoms with Crippen molar-refractivity contribution < 1.29 is 22.8 Å². The van der Waals surface area contributed by atoms with E-state index in [0.29, 0.717) is 37.4 Å². The molecule has 3 amide bonds. The SMILES string of the molecule is N#Cc1ccccc1N1CCN(C(=O)NCCNC(=O)c2cn(-c3ccccc3)nc2C(F)(F)F)CC1. The topological polar surface area (TPSA) is 106 Å². The highest BCUT2D eigenvalue weighted by molar-refractivity contribution is 5.95. The van der Waals surface area contributed by atoms with Crippen molar-refractivity contribution in [2.75, 3.05) is 44.2 Å². The van der Waals surface area contributed by atoms with Crippen molar-refractivity contribution in [3.63, 3.8) is 0 Å². The normalized spacial score (nSPS) is 13.7. The molecule has 0 saturated carbocycles. The van der Waals surface area contributed by atoms with Gasteiger partial charge in [0.2, 0.25) is 0 Å². The lowest BCUT2D eigenvalue weighted by molar-refractivity contribution is -0.141. The highest BCUT2D eigenvalue weighted by Crippen LogP contribution is 2.31. The quantitative estimate of drug-likeness (QED) is 0.495. The van der Waals surface area contributed by atoms with Crippen molar-refractivity contribution in [2.45, 2.75) is 6.18 Å². The summed E-state index contributed by atoms with van der Waals surface area (Å²) in [6.07, 6.45) is -3.77. The smallest absolute Gasteiger partial charge is 0.367 e. The average molecular weight is 512 g/mol. The fourth-order valence-electron chi connectivity index (χ4n) is 4.01. The number of halogens is 3. The molecule has 192 valence electrons. The Kier molecular flexibility index (Phi) is 7.62. The standard InChI is InChI=1S/C25H24F3N7O2/c26-25(27,28)22-20(17-35(32-22)19-7-2-1-3-8-19)23(36)30-10-11-31-24(37)34-14-12-33(13-15-34)21-9-5-4-6-18(21)16-29/h1-9,17H,10-15H2,(H,30,36)(H,31,37). The fraction of sp³-hybridized carbons (Fsp3) is 0.280. The van der Waals surface area contributed by atoms with Gasteiger partial charge >= 0.3 is 12.2 Å². The summed E-state index contributed by atoms with van der Waals surface area (Å²) in [5, 5.41) is 17.9. The molecule has 2 aromatic carbocycles. The number of rotatable bonds is 6. The van der Waals surface area contributed by atoms with Gasteiger partial charge in [0.25, 0.3) is 5.91 Å². The molecule has 2 heterocycles. The van der Waals surface area contributed by atoms with E-state index in [4.69, 9.17) is 0 Å². The molecule has 0 spiro atoms. The number of piperazine rings is 1. The third-order valence-electron chi connectivity index (χ3n) is 5.87. The second-order valence-corrected chi connectivity index (χ2v) is 8.26. The van der Waals surface area contributed by atoms with E-state index < -0.39 is 23.3 Å². The van der Waals surface area contributed by atoms with Gasteiger partial charge in [0.1, 0.15) is 6.07 Å². The zero-order chi connectivity index (χ0) is 26.4. The number of nitrogens with zero attached hydrogens (tertiary/aromatic N) is 5. The van der Waals surface area contributed by atoms with E-state index in [1.807, 2.05) is 17.0 Å². The van der Waals surface area contributed by atoms with Crippen molar-refractivity contribution in [2.24, 2.45) is 0 Å². The molecule has 37 heavy (non-hydrogen) atoms. The van der Waals surface area contributed by atoms with Crippen molar-refractivity contribution in [3.05, 3.63) is 77.6 Å². The van der Waals surface area contributed by atoms with E-state index in [0.717, 1.165) is 16.6 Å². The van der Waals surface area contributed by atoms with E-state index in [2.05, 4.69) is 21.8 Å². The minimum atomic E-state index is -4.81. The van der Waals surface area contributed by atoms with Gasteiger partial charge in [-0.05, 0) is 24.3 Å². The zero-order valence-corrected chi connectivity index (χ0v) is 19.7. The number of hydrogen-bond donors (Lipinski definition) is 2. The molecule has 1 fully saturated rings. The van der Waals surface area contributed by atoms with Crippen LogP contribution in [0.25, 0.3) is 5.69 Å². The number of nitriles is 1. The summed E-state index contributed by atoms with van der Waals surface area (Å²) in [6, 6.07) is 17.3. The van der Waals surface area contributed by atoms with Crippen LogP contribution in [0.3, 0.4) is 0 Å². The van der Waals surface area contributed by atoms with Crippen LogP contribution in [0.5, 0.6) is 0 Å². The van der Waals surface area contributed by atoms with E-state index in [1.165, 1.54) is 0 Å². The van der Waals surface area contributed by atoms with Crippen molar-refractivity contribution in [3.8, 4) is 11.8 Å². The van der Waals surface area contributed by atoms with E-state index >= 15 is 0 Å². The van der Waals surface area contributed by atoms with Gasteiger partial charge in [-0.2, -0.15) is 23.5 Å². The first-order valence-electron chi connectivity index (χ1n) is 11.6. The Labute approximate surface area is 211 Å². The first-order chi connectivity index (χ1) is 17.8. The van der Waals surface area contributed by atoms with Crippen LogP contribution >= 0.6 is 0 Å². The van der Waals surface area contributed by atoms with E-state index in [-0.39, 0.29) is 19.1 Å². The molecular weight excluding hydrogens is 487 g/mol. The van der Waals surface area contributed by atoms with Crippen LogP contribution in [-0.2, 0) is 6.18 Å². The predicted molar refractivity (Wildman–Crippen MR) is 129 cm³/mol. The van der Waals surface area contributed by atoms with Gasteiger partial charge in [-0.15, -0.1) is 0 Å². The molecule has 0 aliphatic carbocycles. The lowest BCUT2D eigenvalue weighted by Gasteiger charge is -2.36. The second-order valence-electron chi connectivity index (χ2n) is 8.26. The number of urea groups is 1. The van der Waals surface area contributed by atoms with Crippen LogP contribution in [0.4, 0.5) is 23.7 Å². The third kappa shape index (κ3) is 6.00. The van der Waals surface area contributed by atoms with Gasteiger partial charge in [-0.25, -0.2) is 9.48 Å². The molecule has 1 aromatic heterocycles. The van der Waals surface area contributed by atoms with Crippen molar-refractivity contribution in [1.29, 1.82) is 5.26 Å². The van der Waals surface area contributed by atoms with Gasteiger partial charge in [0, 0.05) is 45.5 Å². The fourth-order valence-corrected chi connectivity index (χ4v) is 4.01. The highest BCUT2D eigenvalue weighted by Gasteiger charge is 2.39. The summed E-state index contributed by atoms with van der Waals surface area (Å²) in [5.74, 6) is -0.937. The molecule has 9 nitrogen and oxygen atoms in total. The van der Waals surface area contributed by atoms with E-state index in [1.54, 1.807) is 47.4 Å². The third-order valence-corrected chi connectivity index (χ3v) is 5.87. The van der Waals surface area contributed by atoms with Gasteiger partial charge in [0.05, 0.1) is 22.5 Å². The van der Waals surface area contributed by atoms with Gasteiger partial charge < -0.3 is 20.4 Å². The van der Waals surface area contributed by atoms with Crippen LogP contribution in [0, 0.1) is 11.3 Å². The molecule has 0 unspecified atom stereocenters. The molecule has 4 rings (SSSR count). The number of benzene rings is 2. The number of carbonyl (C=O) groups excluding carboxylic acids is 2. The number of alkyl halides is 3. The summed E-state index contributed by atoms with van der Waals surface area (Å²) in [6.45, 7) is 1.95. The van der Waals surface area contributed by atoms with Crippen LogP contribution in [0.2, 0.25) is 0 Å². The number of nitrogens with one attached hydrogen (secondary N) is 2. The maximum absolute atomic E-state index is 13.5. The highest BCUT2D eigenvalue weighted by atomic mass is 19.4. The average Bonchev–Trinajstić information content (AvgIpc) is 3.38. The Hall–Kier alpha value is -4.53.